The zero-order chi connectivity index (χ0) is 10.8. The van der Waals surface area contributed by atoms with Gasteiger partial charge in [0.25, 0.3) is 0 Å². The van der Waals surface area contributed by atoms with Gasteiger partial charge in [-0.05, 0) is 15.9 Å². The lowest BCUT2D eigenvalue weighted by Crippen LogP contribution is -2.04. The highest BCUT2D eigenvalue weighted by atomic mass is 79.9. The predicted molar refractivity (Wildman–Crippen MR) is 68.2 cm³/mol. The number of aliphatic hydroxyl groups excluding tert-OH is 1. The van der Waals surface area contributed by atoms with Crippen LogP contribution in [0.3, 0.4) is 0 Å². The molecule has 0 aliphatic rings. The molecule has 0 aliphatic carbocycles. The molecule has 2 N–H and O–H groups in total. The summed E-state index contributed by atoms with van der Waals surface area (Å²) < 4.78 is 8.22. The lowest BCUT2D eigenvalue weighted by atomic mass is 10.4. The molecule has 0 saturated heterocycles. The fourth-order valence-electron chi connectivity index (χ4n) is 1.18. The first-order valence-corrected chi connectivity index (χ1v) is 6.36. The minimum absolute atomic E-state index is 0.0606. The molecule has 0 bridgehead atoms. The van der Waals surface area contributed by atoms with E-state index in [1.165, 1.54) is 0 Å². The summed E-state index contributed by atoms with van der Waals surface area (Å²) in [6.45, 7) is 0.511. The Labute approximate surface area is 104 Å². The van der Waals surface area contributed by atoms with Gasteiger partial charge < -0.3 is 14.8 Å². The first kappa shape index (κ1) is 11.1. The summed E-state index contributed by atoms with van der Waals surface area (Å²) in [5.41, 5.74) is 0.757. The maximum absolute atomic E-state index is 8.69. The maximum atomic E-state index is 8.69. The van der Waals surface area contributed by atoms with Gasteiger partial charge in [0.15, 0.2) is 11.5 Å². The molecule has 2 heterocycles. The molecule has 2 rings (SSSR count). The maximum Gasteiger partial charge on any atom is 0.195 e. The minimum Gasteiger partial charge on any atom is -0.439 e. The van der Waals surface area contributed by atoms with Crippen molar-refractivity contribution in [2.24, 2.45) is 0 Å². The van der Waals surface area contributed by atoms with Crippen LogP contribution in [0.25, 0.3) is 10.3 Å². The van der Waals surface area contributed by atoms with Crippen LogP contribution >= 0.6 is 39.5 Å². The molecule has 0 aromatic carbocycles. The minimum atomic E-state index is 0.0606. The molecule has 0 radical (unpaired) electrons. The van der Waals surface area contributed by atoms with E-state index in [1.54, 1.807) is 17.4 Å². The summed E-state index contributed by atoms with van der Waals surface area (Å²) in [4.78, 5) is 0. The lowest BCUT2D eigenvalue weighted by molar-refractivity contribution is 0.310. The van der Waals surface area contributed by atoms with Crippen molar-refractivity contribution in [1.29, 1.82) is 0 Å². The van der Waals surface area contributed by atoms with Crippen LogP contribution in [0.5, 0.6) is 0 Å². The average Bonchev–Trinajstić information content (AvgIpc) is 2.58. The van der Waals surface area contributed by atoms with E-state index in [4.69, 9.17) is 21.7 Å². The fraction of sp³-hybridized carbons (Fsp3) is 0.222. The summed E-state index contributed by atoms with van der Waals surface area (Å²) in [6.07, 6.45) is 0. The van der Waals surface area contributed by atoms with Gasteiger partial charge in [-0.15, -0.1) is 11.3 Å². The van der Waals surface area contributed by atoms with Crippen LogP contribution in [0.1, 0.15) is 0 Å². The Morgan fingerprint density at radius 1 is 1.60 bits per heavy atom. The van der Waals surface area contributed by atoms with Gasteiger partial charge in [-0.3, -0.25) is 0 Å². The van der Waals surface area contributed by atoms with Gasteiger partial charge in [-0.2, -0.15) is 0 Å². The normalized spacial score (nSPS) is 10.8. The molecule has 80 valence electrons. The van der Waals surface area contributed by atoms with Crippen molar-refractivity contribution >= 4 is 55.7 Å². The molecule has 6 heteroatoms. The number of hydrogen-bond donors (Lipinski definition) is 2. The Bertz CT molecular complexity index is 534. The molecule has 2 aromatic heterocycles. The number of halogens is 1. The second-order valence-corrected chi connectivity index (χ2v) is 5.04. The Kier molecular flexibility index (Phi) is 3.40. The van der Waals surface area contributed by atoms with Crippen LogP contribution in [0.4, 0.5) is 5.88 Å². The summed E-state index contributed by atoms with van der Waals surface area (Å²) >= 11 is 10.2. The van der Waals surface area contributed by atoms with Crippen molar-refractivity contribution in [2.75, 3.05) is 18.5 Å². The van der Waals surface area contributed by atoms with Crippen LogP contribution < -0.4 is 5.32 Å². The van der Waals surface area contributed by atoms with Gasteiger partial charge in [0.2, 0.25) is 0 Å². The van der Waals surface area contributed by atoms with E-state index in [2.05, 4.69) is 21.2 Å². The van der Waals surface area contributed by atoms with Crippen LogP contribution in [0.2, 0.25) is 0 Å². The van der Waals surface area contributed by atoms with Gasteiger partial charge in [0, 0.05) is 18.0 Å². The molecule has 0 amide bonds. The monoisotopic (exact) mass is 305 g/mol. The van der Waals surface area contributed by atoms with Crippen molar-refractivity contribution in [3.05, 3.63) is 20.4 Å². The summed E-state index contributed by atoms with van der Waals surface area (Å²) in [5.74, 6) is 0.584. The lowest BCUT2D eigenvalue weighted by Gasteiger charge is -2.03. The molecule has 0 fully saturated rings. The molecule has 0 unspecified atom stereocenters. The second-order valence-electron chi connectivity index (χ2n) is 2.87. The van der Waals surface area contributed by atoms with E-state index in [1.807, 2.05) is 5.38 Å². The van der Waals surface area contributed by atoms with Gasteiger partial charge in [0.05, 0.1) is 20.3 Å². The molecule has 3 nitrogen and oxygen atoms in total. The fourth-order valence-corrected chi connectivity index (χ4v) is 2.98. The Morgan fingerprint density at radius 3 is 3.13 bits per heavy atom. The van der Waals surface area contributed by atoms with E-state index in [0.717, 1.165) is 19.3 Å². The molecule has 0 atom stereocenters. The van der Waals surface area contributed by atoms with Gasteiger partial charge in [-0.25, -0.2) is 0 Å². The third-order valence-electron chi connectivity index (χ3n) is 1.81. The third-order valence-corrected chi connectivity index (χ3v) is 4.15. The van der Waals surface area contributed by atoms with E-state index in [-0.39, 0.29) is 6.61 Å². The summed E-state index contributed by atoms with van der Waals surface area (Å²) in [6, 6.07) is 1.76. The Morgan fingerprint density at radius 2 is 2.40 bits per heavy atom. The second kappa shape index (κ2) is 4.61. The van der Waals surface area contributed by atoms with Crippen LogP contribution in [-0.2, 0) is 0 Å². The number of rotatable bonds is 3. The SMILES string of the molecule is OCCNc1cc(=S)c2scc(Br)c2o1. The largest absolute Gasteiger partial charge is 0.439 e. The van der Waals surface area contributed by atoms with Crippen LogP contribution in [-0.4, -0.2) is 18.3 Å². The molecule has 0 saturated carbocycles. The molecular formula is C9H8BrNO2S2. The van der Waals surface area contributed by atoms with E-state index < -0.39 is 0 Å². The number of thiophene rings is 1. The van der Waals surface area contributed by atoms with Crippen LogP contribution in [0.15, 0.2) is 20.3 Å². The Balaban J connectivity index is 2.50. The first-order chi connectivity index (χ1) is 7.22. The van der Waals surface area contributed by atoms with E-state index in [0.29, 0.717) is 12.4 Å². The number of anilines is 1. The summed E-state index contributed by atoms with van der Waals surface area (Å²) in [7, 11) is 0. The van der Waals surface area contributed by atoms with E-state index in [9.17, 15) is 0 Å². The molecule has 0 spiro atoms. The van der Waals surface area contributed by atoms with Crippen molar-refractivity contribution in [2.45, 2.75) is 0 Å². The van der Waals surface area contributed by atoms with Gasteiger partial charge in [0.1, 0.15) is 0 Å². The third kappa shape index (κ3) is 2.23. The standard InChI is InChI=1S/C9H8BrNO2S2/c10-5-4-15-9-6(14)3-7(11-1-2-12)13-8(5)9/h3-4,11-12H,1-2H2. The van der Waals surface area contributed by atoms with E-state index >= 15 is 0 Å². The molecular weight excluding hydrogens is 298 g/mol. The zero-order valence-electron chi connectivity index (χ0n) is 7.62. The molecule has 0 aliphatic heterocycles. The highest BCUT2D eigenvalue weighted by Crippen LogP contribution is 2.33. The molecule has 15 heavy (non-hydrogen) atoms. The average molecular weight is 306 g/mol. The predicted octanol–water partition coefficient (Wildman–Crippen LogP) is 3.39. The zero-order valence-corrected chi connectivity index (χ0v) is 10.8. The smallest absolute Gasteiger partial charge is 0.195 e. The van der Waals surface area contributed by atoms with Crippen molar-refractivity contribution < 1.29 is 9.52 Å². The highest BCUT2D eigenvalue weighted by molar-refractivity contribution is 9.10. The van der Waals surface area contributed by atoms with Crippen molar-refractivity contribution in [3.63, 3.8) is 0 Å². The topological polar surface area (TPSA) is 45.4 Å². The van der Waals surface area contributed by atoms with Gasteiger partial charge in [-0.1, -0.05) is 12.2 Å². The number of aliphatic hydroxyl groups is 1. The number of nitrogens with one attached hydrogen (secondary N) is 1. The van der Waals surface area contributed by atoms with Crippen LogP contribution in [0, 0.1) is 4.51 Å². The highest BCUT2D eigenvalue weighted by Gasteiger charge is 2.07. The first-order valence-electron chi connectivity index (χ1n) is 4.28. The number of fused-ring (bicyclic) bond motifs is 1. The van der Waals surface area contributed by atoms with Gasteiger partial charge >= 0.3 is 0 Å². The molecule has 2 aromatic rings. The number of hydrogen-bond acceptors (Lipinski definition) is 5. The van der Waals surface area contributed by atoms with Crippen molar-refractivity contribution in [1.82, 2.24) is 0 Å². The Hall–Kier alpha value is -0.430. The van der Waals surface area contributed by atoms with Crippen molar-refractivity contribution in [3.8, 4) is 0 Å². The quantitative estimate of drug-likeness (QED) is 0.853. The summed E-state index contributed by atoms with van der Waals surface area (Å²) in [5, 5.41) is 13.6.